The highest BCUT2D eigenvalue weighted by Crippen LogP contribution is 2.33. The van der Waals surface area contributed by atoms with Crippen molar-refractivity contribution in [1.29, 1.82) is 0 Å². The van der Waals surface area contributed by atoms with E-state index in [1.807, 2.05) is 45.0 Å². The van der Waals surface area contributed by atoms with Crippen molar-refractivity contribution < 1.29 is 19.1 Å². The van der Waals surface area contributed by atoms with Crippen LogP contribution in [0.1, 0.15) is 39.7 Å². The van der Waals surface area contributed by atoms with E-state index in [1.54, 1.807) is 9.80 Å². The Bertz CT molecular complexity index is 668. The second-order valence-electron chi connectivity index (χ2n) is 7.81. The van der Waals surface area contributed by atoms with Crippen molar-refractivity contribution in [3.63, 3.8) is 0 Å². The van der Waals surface area contributed by atoms with E-state index in [1.165, 1.54) is 0 Å². The Balaban J connectivity index is 1.74. The van der Waals surface area contributed by atoms with Crippen molar-refractivity contribution >= 4 is 17.9 Å². The van der Waals surface area contributed by atoms with E-state index in [-0.39, 0.29) is 24.1 Å². The number of ether oxygens (including phenoxy) is 2. The maximum absolute atomic E-state index is 12.4. The fourth-order valence-electron chi connectivity index (χ4n) is 3.50. The molecule has 2 heterocycles. The number of cyclic esters (lactones) is 1. The molecule has 0 N–H and O–H groups in total. The van der Waals surface area contributed by atoms with E-state index in [0.717, 1.165) is 11.3 Å². The number of piperidine rings is 1. The van der Waals surface area contributed by atoms with Crippen molar-refractivity contribution in [2.45, 2.75) is 52.4 Å². The molecule has 136 valence electrons. The summed E-state index contributed by atoms with van der Waals surface area (Å²) in [4.78, 5) is 28.2. The van der Waals surface area contributed by atoms with E-state index in [2.05, 4.69) is 6.92 Å². The minimum absolute atomic E-state index is 0.00707. The molecule has 3 rings (SSSR count). The average Bonchev–Trinajstić information content (AvgIpc) is 2.54. The van der Waals surface area contributed by atoms with Crippen LogP contribution in [0, 0.1) is 5.92 Å². The molecule has 0 unspecified atom stereocenters. The zero-order valence-corrected chi connectivity index (χ0v) is 15.3. The molecule has 25 heavy (non-hydrogen) atoms. The van der Waals surface area contributed by atoms with E-state index in [9.17, 15) is 9.59 Å². The van der Waals surface area contributed by atoms with Gasteiger partial charge in [0.15, 0.2) is 0 Å². The molecule has 2 atom stereocenters. The van der Waals surface area contributed by atoms with Gasteiger partial charge in [-0.15, -0.1) is 0 Å². The Hall–Kier alpha value is -2.24. The number of rotatable bonds is 1. The standard InChI is InChI=1S/C19H26N2O4/c1-13-11-20(17(22)25-19(2,3)4)10-9-15(13)21-16-8-6-5-7-14(16)12-24-18(21)23/h5-8,13,15H,9-12H2,1-4H3/t13-,15-/m0/s1. The van der Waals surface area contributed by atoms with Gasteiger partial charge >= 0.3 is 12.2 Å². The zero-order chi connectivity index (χ0) is 18.2. The maximum Gasteiger partial charge on any atom is 0.414 e. The lowest BCUT2D eigenvalue weighted by molar-refractivity contribution is 0.0153. The molecule has 1 saturated heterocycles. The molecule has 0 bridgehead atoms. The SMILES string of the molecule is C[C@H]1CN(C(=O)OC(C)(C)C)CC[C@@H]1N1C(=O)OCc2ccccc21. The fourth-order valence-corrected chi connectivity index (χ4v) is 3.50. The first-order valence-corrected chi connectivity index (χ1v) is 8.78. The molecule has 0 saturated carbocycles. The maximum atomic E-state index is 12.4. The summed E-state index contributed by atoms with van der Waals surface area (Å²) >= 11 is 0. The number of carbonyl (C=O) groups excluding carboxylic acids is 2. The van der Waals surface area contributed by atoms with Crippen LogP contribution >= 0.6 is 0 Å². The van der Waals surface area contributed by atoms with Crippen LogP contribution in [-0.2, 0) is 16.1 Å². The minimum Gasteiger partial charge on any atom is -0.444 e. The lowest BCUT2D eigenvalue weighted by Crippen LogP contribution is -2.55. The predicted molar refractivity (Wildman–Crippen MR) is 94.5 cm³/mol. The third-order valence-corrected chi connectivity index (χ3v) is 4.64. The molecule has 0 spiro atoms. The van der Waals surface area contributed by atoms with Crippen LogP contribution in [0.25, 0.3) is 0 Å². The number of hydrogen-bond acceptors (Lipinski definition) is 4. The lowest BCUT2D eigenvalue weighted by atomic mass is 9.91. The van der Waals surface area contributed by atoms with Crippen LogP contribution in [-0.4, -0.2) is 41.8 Å². The number of nitrogens with zero attached hydrogens (tertiary/aromatic N) is 2. The first-order chi connectivity index (χ1) is 11.8. The van der Waals surface area contributed by atoms with Crippen LogP contribution in [0.3, 0.4) is 0 Å². The van der Waals surface area contributed by atoms with Crippen LogP contribution in [0.4, 0.5) is 15.3 Å². The topological polar surface area (TPSA) is 59.1 Å². The van der Waals surface area contributed by atoms with Gasteiger partial charge in [0.05, 0.1) is 5.69 Å². The molecular weight excluding hydrogens is 320 g/mol. The molecule has 1 fully saturated rings. The van der Waals surface area contributed by atoms with Crippen LogP contribution in [0.15, 0.2) is 24.3 Å². The van der Waals surface area contributed by atoms with Gasteiger partial charge in [-0.05, 0) is 39.2 Å². The lowest BCUT2D eigenvalue weighted by Gasteiger charge is -2.43. The molecule has 0 aromatic heterocycles. The summed E-state index contributed by atoms with van der Waals surface area (Å²) in [6.45, 7) is 9.09. The molecule has 1 aromatic rings. The highest BCUT2D eigenvalue weighted by atomic mass is 16.6. The molecule has 0 radical (unpaired) electrons. The van der Waals surface area contributed by atoms with Crippen LogP contribution in [0.2, 0.25) is 0 Å². The Morgan fingerprint density at radius 3 is 2.68 bits per heavy atom. The van der Waals surface area contributed by atoms with Crippen LogP contribution < -0.4 is 4.90 Å². The van der Waals surface area contributed by atoms with Gasteiger partial charge in [-0.2, -0.15) is 0 Å². The molecule has 2 aliphatic heterocycles. The largest absolute Gasteiger partial charge is 0.444 e. The summed E-state index contributed by atoms with van der Waals surface area (Å²) in [7, 11) is 0. The Morgan fingerprint density at radius 2 is 2.00 bits per heavy atom. The van der Waals surface area contributed by atoms with Gasteiger partial charge in [-0.1, -0.05) is 25.1 Å². The number of carbonyl (C=O) groups is 2. The smallest absolute Gasteiger partial charge is 0.414 e. The Morgan fingerprint density at radius 1 is 1.28 bits per heavy atom. The second-order valence-corrected chi connectivity index (χ2v) is 7.81. The van der Waals surface area contributed by atoms with Gasteiger partial charge in [0, 0.05) is 24.7 Å². The van der Waals surface area contributed by atoms with Crippen molar-refractivity contribution in [2.24, 2.45) is 5.92 Å². The minimum atomic E-state index is -0.507. The van der Waals surface area contributed by atoms with Crippen molar-refractivity contribution in [3.8, 4) is 0 Å². The number of anilines is 1. The van der Waals surface area contributed by atoms with Gasteiger partial charge in [-0.25, -0.2) is 9.59 Å². The van der Waals surface area contributed by atoms with E-state index < -0.39 is 5.60 Å². The van der Waals surface area contributed by atoms with Crippen molar-refractivity contribution in [3.05, 3.63) is 29.8 Å². The molecule has 6 nitrogen and oxygen atoms in total. The number of likely N-dealkylation sites (tertiary alicyclic amines) is 1. The number of fused-ring (bicyclic) bond motifs is 1. The van der Waals surface area contributed by atoms with Gasteiger partial charge in [0.2, 0.25) is 0 Å². The summed E-state index contributed by atoms with van der Waals surface area (Å²) < 4.78 is 10.8. The second kappa shape index (κ2) is 6.58. The first kappa shape index (κ1) is 17.6. The molecule has 6 heteroatoms. The average molecular weight is 346 g/mol. The van der Waals surface area contributed by atoms with Crippen LogP contribution in [0.5, 0.6) is 0 Å². The summed E-state index contributed by atoms with van der Waals surface area (Å²) in [6, 6.07) is 7.83. The van der Waals surface area contributed by atoms with Gasteiger partial charge in [0.1, 0.15) is 12.2 Å². The molecule has 0 aliphatic carbocycles. The molecule has 2 amide bonds. The molecule has 2 aliphatic rings. The Labute approximate surface area is 148 Å². The summed E-state index contributed by atoms with van der Waals surface area (Å²) in [5, 5.41) is 0. The first-order valence-electron chi connectivity index (χ1n) is 8.78. The van der Waals surface area contributed by atoms with Gasteiger partial charge < -0.3 is 14.4 Å². The van der Waals surface area contributed by atoms with Gasteiger partial charge in [0.25, 0.3) is 0 Å². The summed E-state index contributed by atoms with van der Waals surface area (Å²) in [5.41, 5.74) is 1.43. The number of hydrogen-bond donors (Lipinski definition) is 0. The molecule has 1 aromatic carbocycles. The highest BCUT2D eigenvalue weighted by molar-refractivity contribution is 5.91. The summed E-state index contributed by atoms with van der Waals surface area (Å²) in [5.74, 6) is 0.125. The van der Waals surface area contributed by atoms with Crippen molar-refractivity contribution in [1.82, 2.24) is 4.90 Å². The number of para-hydroxylation sites is 1. The number of benzene rings is 1. The molecular formula is C19H26N2O4. The third kappa shape index (κ3) is 3.72. The Kier molecular flexibility index (Phi) is 4.62. The zero-order valence-electron chi connectivity index (χ0n) is 15.3. The van der Waals surface area contributed by atoms with E-state index in [0.29, 0.717) is 26.1 Å². The monoisotopic (exact) mass is 346 g/mol. The quantitative estimate of drug-likeness (QED) is 0.776. The third-order valence-electron chi connectivity index (χ3n) is 4.64. The van der Waals surface area contributed by atoms with Crippen molar-refractivity contribution in [2.75, 3.05) is 18.0 Å². The highest BCUT2D eigenvalue weighted by Gasteiger charge is 2.39. The normalized spacial score (nSPS) is 23.8. The fraction of sp³-hybridized carbons (Fsp3) is 0.579. The number of amides is 2. The van der Waals surface area contributed by atoms with E-state index in [4.69, 9.17) is 9.47 Å². The van der Waals surface area contributed by atoms with E-state index >= 15 is 0 Å². The van der Waals surface area contributed by atoms with Gasteiger partial charge in [-0.3, -0.25) is 4.90 Å². The predicted octanol–water partition coefficient (Wildman–Crippen LogP) is 3.79. The summed E-state index contributed by atoms with van der Waals surface area (Å²) in [6.07, 6.45) is 0.102.